The summed E-state index contributed by atoms with van der Waals surface area (Å²) in [5, 5.41) is 3.33. The molecule has 0 aromatic carbocycles. The molecule has 1 fully saturated rings. The molecule has 19 heavy (non-hydrogen) atoms. The summed E-state index contributed by atoms with van der Waals surface area (Å²) in [6.45, 7) is 3.69. The predicted molar refractivity (Wildman–Crippen MR) is 73.3 cm³/mol. The van der Waals surface area contributed by atoms with Gasteiger partial charge in [-0.05, 0) is 19.4 Å². The highest BCUT2D eigenvalue weighted by atomic mass is 32.2. The molecule has 6 nitrogen and oxygen atoms in total. The van der Waals surface area contributed by atoms with Crippen molar-refractivity contribution in [3.8, 4) is 0 Å². The van der Waals surface area contributed by atoms with E-state index in [-0.39, 0.29) is 18.2 Å². The van der Waals surface area contributed by atoms with Crippen LogP contribution >= 0.6 is 0 Å². The van der Waals surface area contributed by atoms with Crippen molar-refractivity contribution in [1.29, 1.82) is 0 Å². The van der Waals surface area contributed by atoms with Crippen LogP contribution in [-0.4, -0.2) is 57.2 Å². The Balaban J connectivity index is 2.53. The van der Waals surface area contributed by atoms with Gasteiger partial charge in [0.2, 0.25) is 10.0 Å². The number of sulfonamides is 1. The Bertz CT molecular complexity index is 377. The van der Waals surface area contributed by atoms with Crippen molar-refractivity contribution in [1.82, 2.24) is 9.62 Å². The molecule has 1 rings (SSSR count). The van der Waals surface area contributed by atoms with Crippen LogP contribution in [0, 0.1) is 0 Å². The van der Waals surface area contributed by atoms with Crippen LogP contribution in [0.25, 0.3) is 0 Å². The molecule has 1 heterocycles. The van der Waals surface area contributed by atoms with E-state index < -0.39 is 16.0 Å². The van der Waals surface area contributed by atoms with Gasteiger partial charge in [-0.2, -0.15) is 0 Å². The number of rotatable bonds is 7. The van der Waals surface area contributed by atoms with Gasteiger partial charge in [0.25, 0.3) is 0 Å². The van der Waals surface area contributed by atoms with Gasteiger partial charge in [0.1, 0.15) is 0 Å². The number of likely N-dealkylation sites (N-methyl/N-ethyl adjacent to an activating group) is 1. The second kappa shape index (κ2) is 7.81. The zero-order valence-corrected chi connectivity index (χ0v) is 12.5. The molecule has 1 N–H and O–H groups in total. The molecule has 0 radical (unpaired) electrons. The third kappa shape index (κ3) is 5.46. The zero-order chi connectivity index (χ0) is 14.3. The summed E-state index contributed by atoms with van der Waals surface area (Å²) in [5.41, 5.74) is 0. The number of esters is 1. The van der Waals surface area contributed by atoms with Crippen LogP contribution in [0.4, 0.5) is 0 Å². The van der Waals surface area contributed by atoms with Gasteiger partial charge >= 0.3 is 5.97 Å². The Morgan fingerprint density at radius 2 is 2.16 bits per heavy atom. The number of methoxy groups -OCH3 is 1. The number of ether oxygens (including phenoxy) is 1. The van der Waals surface area contributed by atoms with Gasteiger partial charge < -0.3 is 10.1 Å². The molecule has 0 aromatic heterocycles. The lowest BCUT2D eigenvalue weighted by Gasteiger charge is -2.29. The molecule has 7 heteroatoms. The van der Waals surface area contributed by atoms with Crippen LogP contribution in [0.3, 0.4) is 0 Å². The molecular weight excluding hydrogens is 268 g/mol. The average Bonchev–Trinajstić information content (AvgIpc) is 2.43. The van der Waals surface area contributed by atoms with Gasteiger partial charge in [0.15, 0.2) is 0 Å². The maximum atomic E-state index is 12.1. The Hall–Kier alpha value is -0.660. The second-order valence-electron chi connectivity index (χ2n) is 4.74. The van der Waals surface area contributed by atoms with Gasteiger partial charge in [0.05, 0.1) is 19.3 Å². The van der Waals surface area contributed by atoms with Crippen molar-refractivity contribution in [2.75, 3.05) is 32.5 Å². The fourth-order valence-electron chi connectivity index (χ4n) is 2.21. The minimum absolute atomic E-state index is 0.0899. The first-order valence-corrected chi connectivity index (χ1v) is 8.38. The molecule has 0 amide bonds. The summed E-state index contributed by atoms with van der Waals surface area (Å²) < 4.78 is 30.2. The van der Waals surface area contributed by atoms with Crippen LogP contribution in [0.2, 0.25) is 0 Å². The van der Waals surface area contributed by atoms with Gasteiger partial charge in [-0.25, -0.2) is 12.7 Å². The van der Waals surface area contributed by atoms with E-state index in [1.807, 2.05) is 6.92 Å². The summed E-state index contributed by atoms with van der Waals surface area (Å²) in [4.78, 5) is 11.0. The lowest BCUT2D eigenvalue weighted by atomic mass is 10.1. The van der Waals surface area contributed by atoms with E-state index in [4.69, 9.17) is 0 Å². The molecule has 112 valence electrons. The third-order valence-electron chi connectivity index (χ3n) is 3.37. The number of piperidine rings is 1. The SMILES string of the molecule is CCN(CC1CCCCN1)S(=O)(=O)CCC(=O)OC. The first kappa shape index (κ1) is 16.4. The Morgan fingerprint density at radius 3 is 2.68 bits per heavy atom. The van der Waals surface area contributed by atoms with E-state index in [2.05, 4.69) is 10.1 Å². The van der Waals surface area contributed by atoms with Crippen molar-refractivity contribution in [3.63, 3.8) is 0 Å². The summed E-state index contributed by atoms with van der Waals surface area (Å²) in [6, 6.07) is 0.224. The quantitative estimate of drug-likeness (QED) is 0.685. The molecule has 0 spiro atoms. The van der Waals surface area contributed by atoms with Gasteiger partial charge in [0, 0.05) is 19.1 Å². The largest absolute Gasteiger partial charge is 0.469 e. The number of nitrogens with one attached hydrogen (secondary N) is 1. The highest BCUT2D eigenvalue weighted by molar-refractivity contribution is 7.89. The molecule has 1 saturated heterocycles. The van der Waals surface area contributed by atoms with Crippen LogP contribution < -0.4 is 5.32 Å². The van der Waals surface area contributed by atoms with Crippen molar-refractivity contribution in [2.45, 2.75) is 38.6 Å². The number of carbonyl (C=O) groups is 1. The van der Waals surface area contributed by atoms with Gasteiger partial charge in [-0.15, -0.1) is 0 Å². The number of nitrogens with zero attached hydrogens (tertiary/aromatic N) is 1. The number of hydrogen-bond donors (Lipinski definition) is 1. The first-order chi connectivity index (χ1) is 8.99. The van der Waals surface area contributed by atoms with Gasteiger partial charge in [-0.3, -0.25) is 4.79 Å². The Morgan fingerprint density at radius 1 is 1.42 bits per heavy atom. The Labute approximate surface area is 115 Å². The minimum atomic E-state index is -3.38. The topological polar surface area (TPSA) is 75.7 Å². The summed E-state index contributed by atoms with van der Waals surface area (Å²) in [5.74, 6) is -0.671. The van der Waals surface area contributed by atoms with Crippen molar-refractivity contribution < 1.29 is 17.9 Å². The van der Waals surface area contributed by atoms with Gasteiger partial charge in [-0.1, -0.05) is 13.3 Å². The maximum absolute atomic E-state index is 12.1. The van der Waals surface area contributed by atoms with Crippen molar-refractivity contribution >= 4 is 16.0 Å². The van der Waals surface area contributed by atoms with E-state index in [9.17, 15) is 13.2 Å². The zero-order valence-electron chi connectivity index (χ0n) is 11.7. The van der Waals surface area contributed by atoms with Crippen LogP contribution in [0.15, 0.2) is 0 Å². The highest BCUT2D eigenvalue weighted by Crippen LogP contribution is 2.11. The lowest BCUT2D eigenvalue weighted by Crippen LogP contribution is -2.46. The predicted octanol–water partition coefficient (Wildman–Crippen LogP) is 0.343. The molecule has 0 bridgehead atoms. The molecule has 1 atom stereocenters. The van der Waals surface area contributed by atoms with E-state index in [0.717, 1.165) is 25.8 Å². The summed E-state index contributed by atoms with van der Waals surface area (Å²) in [7, 11) is -2.12. The van der Waals surface area contributed by atoms with Crippen molar-refractivity contribution in [2.24, 2.45) is 0 Å². The second-order valence-corrected chi connectivity index (χ2v) is 6.83. The van der Waals surface area contributed by atoms with Crippen LogP contribution in [-0.2, 0) is 19.6 Å². The summed E-state index contributed by atoms with van der Waals surface area (Å²) in [6.07, 6.45) is 3.20. The fourth-order valence-corrected chi connectivity index (χ4v) is 3.69. The maximum Gasteiger partial charge on any atom is 0.306 e. The fraction of sp³-hybridized carbons (Fsp3) is 0.917. The molecular formula is C12H24N2O4S. The van der Waals surface area contributed by atoms with E-state index in [1.54, 1.807) is 0 Å². The molecule has 1 unspecified atom stereocenters. The average molecular weight is 292 g/mol. The smallest absolute Gasteiger partial charge is 0.306 e. The standard InChI is InChI=1S/C12H24N2O4S/c1-3-14(10-11-6-4-5-8-13-11)19(16,17)9-7-12(15)18-2/h11,13H,3-10H2,1-2H3. The molecule has 1 aliphatic heterocycles. The third-order valence-corrected chi connectivity index (χ3v) is 5.29. The van der Waals surface area contributed by atoms with Crippen LogP contribution in [0.5, 0.6) is 0 Å². The molecule has 0 saturated carbocycles. The summed E-state index contributed by atoms with van der Waals surface area (Å²) >= 11 is 0. The molecule has 0 aromatic rings. The molecule has 0 aliphatic carbocycles. The van der Waals surface area contributed by atoms with E-state index in [0.29, 0.717) is 13.1 Å². The van der Waals surface area contributed by atoms with Crippen molar-refractivity contribution in [3.05, 3.63) is 0 Å². The normalized spacial score (nSPS) is 20.5. The number of hydrogen-bond acceptors (Lipinski definition) is 5. The lowest BCUT2D eigenvalue weighted by molar-refractivity contribution is -0.140. The van der Waals surface area contributed by atoms with E-state index >= 15 is 0 Å². The number of carbonyl (C=O) groups excluding carboxylic acids is 1. The first-order valence-electron chi connectivity index (χ1n) is 6.77. The molecule has 1 aliphatic rings. The van der Waals surface area contributed by atoms with E-state index in [1.165, 1.54) is 11.4 Å². The highest BCUT2D eigenvalue weighted by Gasteiger charge is 2.25. The Kier molecular flexibility index (Phi) is 6.74. The monoisotopic (exact) mass is 292 g/mol. The minimum Gasteiger partial charge on any atom is -0.469 e. The van der Waals surface area contributed by atoms with Crippen LogP contribution in [0.1, 0.15) is 32.6 Å².